The molecule has 4 aliphatic rings. The lowest BCUT2D eigenvalue weighted by Crippen LogP contribution is -2.57. The molecule has 6 rings (SSSR count). The van der Waals surface area contributed by atoms with Crippen LogP contribution in [-0.4, -0.2) is 96.2 Å². The van der Waals surface area contributed by atoms with Crippen molar-refractivity contribution in [2.24, 2.45) is 17.3 Å². The molecule has 2 aromatic carbocycles. The van der Waals surface area contributed by atoms with E-state index in [0.29, 0.717) is 38.5 Å². The zero-order valence-electron chi connectivity index (χ0n) is 35.9. The van der Waals surface area contributed by atoms with E-state index in [4.69, 9.17) is 0 Å². The smallest absolute Gasteiger partial charge is 0.232 e. The standard InChI is InChI=1S/C49H70FN5OS/c1-10-17-41(18-11-2)44-22-16-21-40(37(5)51-57(8,9)52(6)7)25-26-54-35-49(48(56)55-30-36(4)27-43(50)32-55)34-53(31-39-19-14-13-15-20-39)33-46(49)45-28-38(12-3)23-24-42(45)29-47(44)54/h13-16,19-21,23-25,28,36,41,43,46,51H,5,8-12,17-18,22,26-27,29-35H2,1-4,6-7H3/b21-16-,40-25+,47-44+. The second-order valence-corrected chi connectivity index (χ2v) is 20.3. The van der Waals surface area contributed by atoms with E-state index in [1.54, 1.807) is 0 Å². The molecule has 4 unspecified atom stereocenters. The van der Waals surface area contributed by atoms with Gasteiger partial charge in [0, 0.05) is 63.0 Å². The van der Waals surface area contributed by atoms with Crippen molar-refractivity contribution in [3.8, 4) is 0 Å². The number of alkyl halides is 1. The number of likely N-dealkylation sites (tertiary alicyclic amines) is 2. The summed E-state index contributed by atoms with van der Waals surface area (Å²) in [5.74, 6) is 9.44. The minimum absolute atomic E-state index is 0.0370. The van der Waals surface area contributed by atoms with Gasteiger partial charge in [0.25, 0.3) is 0 Å². The number of carbonyl (C=O) groups is 1. The van der Waals surface area contributed by atoms with Crippen LogP contribution in [0.3, 0.4) is 0 Å². The van der Waals surface area contributed by atoms with Crippen LogP contribution in [-0.2, 0) is 24.2 Å². The second-order valence-electron chi connectivity index (χ2n) is 17.7. The minimum atomic E-state index is -1.78. The van der Waals surface area contributed by atoms with Crippen molar-refractivity contribution in [2.75, 3.05) is 53.4 Å². The Bertz CT molecular complexity index is 1930. The number of allylic oxidation sites excluding steroid dienone is 4. The molecule has 4 atom stereocenters. The minimum Gasteiger partial charge on any atom is -0.370 e. The van der Waals surface area contributed by atoms with E-state index >= 15 is 9.18 Å². The molecular weight excluding hydrogens is 726 g/mol. The molecule has 0 saturated carbocycles. The van der Waals surface area contributed by atoms with E-state index in [9.17, 15) is 0 Å². The van der Waals surface area contributed by atoms with Gasteiger partial charge in [0.2, 0.25) is 5.91 Å². The Hall–Kier alpha value is -3.59. The van der Waals surface area contributed by atoms with Crippen LogP contribution in [0.2, 0.25) is 0 Å². The van der Waals surface area contributed by atoms with E-state index in [-0.39, 0.29) is 24.3 Å². The maximum atomic E-state index is 15.8. The predicted octanol–water partition coefficient (Wildman–Crippen LogP) is 9.42. The Kier molecular flexibility index (Phi) is 14.0. The molecule has 310 valence electrons. The second kappa shape index (κ2) is 18.6. The lowest BCUT2D eigenvalue weighted by molar-refractivity contribution is -0.146. The third-order valence-corrected chi connectivity index (χ3v) is 15.1. The van der Waals surface area contributed by atoms with Crippen LogP contribution in [0.1, 0.15) is 94.4 Å². The number of nitrogens with zero attached hydrogens (tertiary/aromatic N) is 4. The normalized spacial score (nSPS) is 27.2. The third kappa shape index (κ3) is 9.66. The lowest BCUT2D eigenvalue weighted by atomic mass is 9.69. The molecule has 1 amide bonds. The summed E-state index contributed by atoms with van der Waals surface area (Å²) < 4.78 is 21.1. The van der Waals surface area contributed by atoms with E-state index in [0.717, 1.165) is 69.3 Å². The fraction of sp³-hybridized carbons (Fsp3) is 0.531. The summed E-state index contributed by atoms with van der Waals surface area (Å²) in [6.45, 7) is 17.6. The van der Waals surface area contributed by atoms with Crippen molar-refractivity contribution in [3.63, 3.8) is 0 Å². The molecule has 4 aliphatic heterocycles. The monoisotopic (exact) mass is 796 g/mol. The first-order valence-corrected chi connectivity index (χ1v) is 23.5. The van der Waals surface area contributed by atoms with E-state index in [1.165, 1.54) is 33.5 Å². The van der Waals surface area contributed by atoms with Crippen LogP contribution in [0.25, 0.3) is 0 Å². The first-order valence-electron chi connectivity index (χ1n) is 21.6. The van der Waals surface area contributed by atoms with Crippen molar-refractivity contribution in [1.29, 1.82) is 0 Å². The maximum Gasteiger partial charge on any atom is 0.232 e. The van der Waals surface area contributed by atoms with E-state index in [2.05, 4.69) is 127 Å². The molecule has 6 nitrogen and oxygen atoms in total. The summed E-state index contributed by atoms with van der Waals surface area (Å²) in [6.07, 6.45) is 13.4. The lowest BCUT2D eigenvalue weighted by Gasteiger charge is -2.47. The fourth-order valence-corrected chi connectivity index (χ4v) is 10.8. The van der Waals surface area contributed by atoms with Crippen LogP contribution >= 0.6 is 9.58 Å². The average Bonchev–Trinajstić information content (AvgIpc) is 3.55. The van der Waals surface area contributed by atoms with Crippen molar-refractivity contribution in [2.45, 2.75) is 97.7 Å². The molecule has 4 heterocycles. The summed E-state index contributed by atoms with van der Waals surface area (Å²) in [7, 11) is 2.22. The number of nitrogens with one attached hydrogen (secondary N) is 1. The average molecular weight is 796 g/mol. The van der Waals surface area contributed by atoms with Crippen LogP contribution in [0, 0.1) is 17.3 Å². The molecule has 1 N–H and O–H groups in total. The van der Waals surface area contributed by atoms with Gasteiger partial charge in [-0.15, -0.1) is 0 Å². The quantitative estimate of drug-likeness (QED) is 0.205. The van der Waals surface area contributed by atoms with Crippen LogP contribution in [0.5, 0.6) is 0 Å². The third-order valence-electron chi connectivity index (χ3n) is 13.1. The number of halogens is 1. The number of amides is 1. The van der Waals surface area contributed by atoms with Crippen LogP contribution < -0.4 is 4.72 Å². The Morgan fingerprint density at radius 3 is 2.42 bits per heavy atom. The van der Waals surface area contributed by atoms with Gasteiger partial charge in [-0.1, -0.05) is 123 Å². The first kappa shape index (κ1) is 43.0. The van der Waals surface area contributed by atoms with Crippen molar-refractivity contribution in [1.82, 2.24) is 23.7 Å². The number of piperidine rings is 1. The van der Waals surface area contributed by atoms with Gasteiger partial charge in [0.1, 0.15) is 6.17 Å². The highest BCUT2D eigenvalue weighted by Gasteiger charge is 2.56. The largest absolute Gasteiger partial charge is 0.370 e. The first-order chi connectivity index (χ1) is 27.3. The van der Waals surface area contributed by atoms with Crippen LogP contribution in [0.15, 0.2) is 95.9 Å². The van der Waals surface area contributed by atoms with Gasteiger partial charge in [0.15, 0.2) is 0 Å². The predicted molar refractivity (Wildman–Crippen MR) is 243 cm³/mol. The Morgan fingerprint density at radius 1 is 1.02 bits per heavy atom. The van der Waals surface area contributed by atoms with Gasteiger partial charge in [-0.3, -0.25) is 14.0 Å². The topological polar surface area (TPSA) is 42.1 Å². The number of rotatable bonds is 13. The number of hydrogen-bond acceptors (Lipinski definition) is 5. The number of hydrogen-bond donors (Lipinski definition) is 1. The van der Waals surface area contributed by atoms with E-state index < -0.39 is 21.2 Å². The summed E-state index contributed by atoms with van der Waals surface area (Å²) in [5, 5.41) is 0. The van der Waals surface area contributed by atoms with Crippen LogP contribution in [0.4, 0.5) is 4.39 Å². The van der Waals surface area contributed by atoms with Crippen molar-refractivity contribution < 1.29 is 9.18 Å². The van der Waals surface area contributed by atoms with Gasteiger partial charge in [-0.05, 0) is 103 Å². The van der Waals surface area contributed by atoms with Gasteiger partial charge < -0.3 is 14.5 Å². The molecule has 2 aromatic rings. The summed E-state index contributed by atoms with van der Waals surface area (Å²) in [5.41, 5.74) is 9.08. The Balaban J connectivity index is 1.57. The van der Waals surface area contributed by atoms with Gasteiger partial charge in [0.05, 0.1) is 12.0 Å². The summed E-state index contributed by atoms with van der Waals surface area (Å²) >= 11 is 0. The molecule has 2 saturated heterocycles. The zero-order valence-corrected chi connectivity index (χ0v) is 36.7. The SMILES string of the molecule is C=C(NS(=C)(=C)N(C)C)C1=C/CN2CC3(C(=O)N4CC(C)CC(F)C4)CN(Cc4ccccc4)CC3c3cc(CC)ccc3C/C2=C(\C(CCC)CCC)C/C=C\1. The van der Waals surface area contributed by atoms with Crippen molar-refractivity contribution >= 4 is 27.2 Å². The van der Waals surface area contributed by atoms with Gasteiger partial charge in [-0.2, -0.15) is 0 Å². The molecule has 8 heteroatoms. The number of fused-ring (bicyclic) bond motifs is 4. The Morgan fingerprint density at radius 2 is 1.75 bits per heavy atom. The number of carbonyl (C=O) groups excluding carboxylic acids is 1. The molecular formula is C49H70FN5OS. The molecule has 0 spiro atoms. The Labute approximate surface area is 345 Å². The highest BCUT2D eigenvalue weighted by molar-refractivity contribution is 8.24. The van der Waals surface area contributed by atoms with Crippen molar-refractivity contribution in [3.05, 3.63) is 118 Å². The molecule has 0 bridgehead atoms. The van der Waals surface area contributed by atoms with E-state index in [1.807, 2.05) is 23.3 Å². The molecule has 57 heavy (non-hydrogen) atoms. The molecule has 2 fully saturated rings. The summed E-state index contributed by atoms with van der Waals surface area (Å²) in [6, 6.07) is 17.8. The fourth-order valence-electron chi connectivity index (χ4n) is 10.0. The van der Waals surface area contributed by atoms with Gasteiger partial charge >= 0.3 is 0 Å². The van der Waals surface area contributed by atoms with Gasteiger partial charge in [-0.25, -0.2) is 4.39 Å². The maximum absolute atomic E-state index is 15.8. The number of benzene rings is 2. The molecule has 0 aliphatic carbocycles. The number of aryl methyl sites for hydroxylation is 1. The molecule has 0 radical (unpaired) electrons. The molecule has 0 aromatic heterocycles. The highest BCUT2D eigenvalue weighted by Crippen LogP contribution is 2.50. The highest BCUT2D eigenvalue weighted by atomic mass is 32.2. The summed E-state index contributed by atoms with van der Waals surface area (Å²) in [4.78, 5) is 22.8. The zero-order chi connectivity index (χ0) is 40.9.